The van der Waals surface area contributed by atoms with Gasteiger partial charge >= 0.3 is 0 Å². The first kappa shape index (κ1) is 15.3. The van der Waals surface area contributed by atoms with Gasteiger partial charge in [-0.1, -0.05) is 12.8 Å². The Morgan fingerprint density at radius 2 is 1.95 bits per heavy atom. The highest BCUT2D eigenvalue weighted by Crippen LogP contribution is 2.28. The van der Waals surface area contributed by atoms with E-state index in [1.165, 1.54) is 36.2 Å². The number of benzene rings is 1. The normalized spacial score (nSPS) is 17.0. The number of nitrogen functional groups attached to an aromatic ring is 1. The van der Waals surface area contributed by atoms with E-state index in [2.05, 4.69) is 0 Å². The molecule has 2 N–H and O–H groups in total. The molecule has 0 aromatic heterocycles. The number of halogens is 1. The lowest BCUT2D eigenvalue weighted by molar-refractivity contribution is 0.387. The second-order valence-corrected chi connectivity index (χ2v) is 7.62. The summed E-state index contributed by atoms with van der Waals surface area (Å²) in [4.78, 5) is 0.0643. The van der Waals surface area contributed by atoms with Crippen molar-refractivity contribution in [2.45, 2.75) is 37.5 Å². The van der Waals surface area contributed by atoms with Crippen LogP contribution in [0, 0.1) is 18.7 Å². The molecule has 1 aromatic carbocycles. The van der Waals surface area contributed by atoms with Crippen LogP contribution < -0.4 is 5.73 Å². The van der Waals surface area contributed by atoms with Crippen LogP contribution in [-0.2, 0) is 10.0 Å². The van der Waals surface area contributed by atoms with Crippen molar-refractivity contribution in [3.63, 3.8) is 0 Å². The fourth-order valence-electron chi connectivity index (χ4n) is 2.75. The second kappa shape index (κ2) is 5.69. The first-order valence-electron chi connectivity index (χ1n) is 6.84. The third-order valence-corrected chi connectivity index (χ3v) is 5.76. The van der Waals surface area contributed by atoms with Crippen molar-refractivity contribution in [1.82, 2.24) is 4.31 Å². The van der Waals surface area contributed by atoms with Crippen molar-refractivity contribution in [3.05, 3.63) is 23.5 Å². The van der Waals surface area contributed by atoms with Crippen LogP contribution in [0.25, 0.3) is 0 Å². The molecule has 0 heterocycles. The van der Waals surface area contributed by atoms with Gasteiger partial charge in [0, 0.05) is 13.6 Å². The average molecular weight is 300 g/mol. The SMILES string of the molecule is Cc1cc(S(=O)(=O)N(C)CC2CCCC2)cc(N)c1F. The van der Waals surface area contributed by atoms with Gasteiger partial charge in [-0.3, -0.25) is 0 Å². The smallest absolute Gasteiger partial charge is 0.242 e. The summed E-state index contributed by atoms with van der Waals surface area (Å²) in [5.74, 6) is -0.129. The predicted octanol–water partition coefficient (Wildman–Crippen LogP) is 2.53. The Morgan fingerprint density at radius 3 is 2.50 bits per heavy atom. The van der Waals surface area contributed by atoms with Gasteiger partial charge in [0.15, 0.2) is 0 Å². The van der Waals surface area contributed by atoms with Gasteiger partial charge in [0.1, 0.15) is 5.82 Å². The fourth-order valence-corrected chi connectivity index (χ4v) is 4.11. The lowest BCUT2D eigenvalue weighted by Crippen LogP contribution is -2.31. The molecule has 1 aliphatic carbocycles. The molecule has 0 unspecified atom stereocenters. The van der Waals surface area contributed by atoms with Gasteiger partial charge in [0.25, 0.3) is 0 Å². The molecule has 2 rings (SSSR count). The Hall–Kier alpha value is -1.14. The molecule has 1 aromatic rings. The maximum absolute atomic E-state index is 13.5. The highest BCUT2D eigenvalue weighted by atomic mass is 32.2. The highest BCUT2D eigenvalue weighted by molar-refractivity contribution is 7.89. The van der Waals surface area contributed by atoms with E-state index in [1.54, 1.807) is 7.05 Å². The Labute approximate surface area is 119 Å². The molecule has 0 atom stereocenters. The van der Waals surface area contributed by atoms with Crippen LogP contribution in [0.3, 0.4) is 0 Å². The van der Waals surface area contributed by atoms with Crippen LogP contribution in [0.2, 0.25) is 0 Å². The van der Waals surface area contributed by atoms with Crippen LogP contribution in [0.15, 0.2) is 17.0 Å². The van der Waals surface area contributed by atoms with E-state index in [0.29, 0.717) is 12.5 Å². The third-order valence-electron chi connectivity index (χ3n) is 3.95. The molecule has 6 heteroatoms. The van der Waals surface area contributed by atoms with Gasteiger partial charge in [-0.05, 0) is 43.4 Å². The van der Waals surface area contributed by atoms with Crippen molar-refractivity contribution in [2.75, 3.05) is 19.3 Å². The van der Waals surface area contributed by atoms with E-state index in [4.69, 9.17) is 5.73 Å². The van der Waals surface area contributed by atoms with E-state index >= 15 is 0 Å². The quantitative estimate of drug-likeness (QED) is 0.869. The Morgan fingerprint density at radius 1 is 1.35 bits per heavy atom. The van der Waals surface area contributed by atoms with Crippen LogP contribution in [0.4, 0.5) is 10.1 Å². The third kappa shape index (κ3) is 2.96. The summed E-state index contributed by atoms with van der Waals surface area (Å²) in [6.45, 7) is 2.03. The molecular weight excluding hydrogens is 279 g/mol. The number of anilines is 1. The van der Waals surface area contributed by atoms with Crippen molar-refractivity contribution in [3.8, 4) is 0 Å². The monoisotopic (exact) mass is 300 g/mol. The molecule has 112 valence electrons. The molecule has 0 aliphatic heterocycles. The minimum absolute atomic E-state index is 0.0643. The summed E-state index contributed by atoms with van der Waals surface area (Å²) in [7, 11) is -2.03. The molecule has 0 saturated heterocycles. The summed E-state index contributed by atoms with van der Waals surface area (Å²) < 4.78 is 39.8. The minimum Gasteiger partial charge on any atom is -0.396 e. The molecular formula is C14H21FN2O2S. The van der Waals surface area contributed by atoms with E-state index in [0.717, 1.165) is 12.8 Å². The van der Waals surface area contributed by atoms with Gasteiger partial charge < -0.3 is 5.73 Å². The van der Waals surface area contributed by atoms with Gasteiger partial charge in [0.05, 0.1) is 10.6 Å². The maximum atomic E-state index is 13.5. The first-order valence-corrected chi connectivity index (χ1v) is 8.28. The number of rotatable bonds is 4. The van der Waals surface area contributed by atoms with Crippen LogP contribution >= 0.6 is 0 Å². The molecule has 0 radical (unpaired) electrons. The highest BCUT2D eigenvalue weighted by Gasteiger charge is 2.26. The number of nitrogens with two attached hydrogens (primary N) is 1. The fraction of sp³-hybridized carbons (Fsp3) is 0.571. The molecule has 1 fully saturated rings. The Balaban J connectivity index is 2.25. The van der Waals surface area contributed by atoms with Crippen LogP contribution in [0.1, 0.15) is 31.2 Å². The molecule has 1 aliphatic rings. The molecule has 0 spiro atoms. The molecule has 1 saturated carbocycles. The summed E-state index contributed by atoms with van der Waals surface area (Å²) in [5, 5.41) is 0. The Kier molecular flexibility index (Phi) is 4.34. The van der Waals surface area contributed by atoms with E-state index in [1.807, 2.05) is 0 Å². The number of hydrogen-bond acceptors (Lipinski definition) is 3. The zero-order valence-corrected chi connectivity index (χ0v) is 12.7. The minimum atomic E-state index is -3.60. The van der Waals surface area contributed by atoms with E-state index in [-0.39, 0.29) is 16.1 Å². The lowest BCUT2D eigenvalue weighted by atomic mass is 10.1. The number of hydrogen-bond donors (Lipinski definition) is 1. The number of nitrogens with zero attached hydrogens (tertiary/aromatic N) is 1. The molecule has 20 heavy (non-hydrogen) atoms. The lowest BCUT2D eigenvalue weighted by Gasteiger charge is -2.21. The molecule has 4 nitrogen and oxygen atoms in total. The maximum Gasteiger partial charge on any atom is 0.242 e. The topological polar surface area (TPSA) is 63.4 Å². The molecule has 0 bridgehead atoms. The molecule has 0 amide bonds. The zero-order valence-electron chi connectivity index (χ0n) is 11.9. The van der Waals surface area contributed by atoms with Gasteiger partial charge in [-0.15, -0.1) is 0 Å². The Bertz CT molecular complexity index is 572. The first-order chi connectivity index (χ1) is 9.32. The van der Waals surface area contributed by atoms with Crippen LogP contribution in [0.5, 0.6) is 0 Å². The largest absolute Gasteiger partial charge is 0.396 e. The zero-order chi connectivity index (χ0) is 14.9. The van der Waals surface area contributed by atoms with E-state index < -0.39 is 15.8 Å². The number of sulfonamides is 1. The average Bonchev–Trinajstić information content (AvgIpc) is 2.88. The summed E-state index contributed by atoms with van der Waals surface area (Å²) in [6, 6.07) is 2.54. The summed E-state index contributed by atoms with van der Waals surface area (Å²) >= 11 is 0. The van der Waals surface area contributed by atoms with Crippen molar-refractivity contribution in [1.29, 1.82) is 0 Å². The van der Waals surface area contributed by atoms with Crippen molar-refractivity contribution < 1.29 is 12.8 Å². The van der Waals surface area contributed by atoms with Crippen molar-refractivity contribution in [2.24, 2.45) is 5.92 Å². The second-order valence-electron chi connectivity index (χ2n) is 5.58. The standard InChI is InChI=1S/C14H21FN2O2S/c1-10-7-12(8-13(16)14(10)15)20(18,19)17(2)9-11-5-3-4-6-11/h7-8,11H,3-6,9,16H2,1-2H3. The van der Waals surface area contributed by atoms with Crippen LogP contribution in [-0.4, -0.2) is 26.3 Å². The number of aryl methyl sites for hydroxylation is 1. The van der Waals surface area contributed by atoms with E-state index in [9.17, 15) is 12.8 Å². The predicted molar refractivity (Wildman–Crippen MR) is 77.3 cm³/mol. The van der Waals surface area contributed by atoms with Gasteiger partial charge in [-0.2, -0.15) is 0 Å². The van der Waals surface area contributed by atoms with Gasteiger partial charge in [-0.25, -0.2) is 17.1 Å². The van der Waals surface area contributed by atoms with Crippen molar-refractivity contribution >= 4 is 15.7 Å². The summed E-state index contributed by atoms with van der Waals surface area (Å²) in [5.41, 5.74) is 5.64. The summed E-state index contributed by atoms with van der Waals surface area (Å²) in [6.07, 6.45) is 4.48. The van der Waals surface area contributed by atoms with Gasteiger partial charge in [0.2, 0.25) is 10.0 Å².